The van der Waals surface area contributed by atoms with Crippen LogP contribution in [0.5, 0.6) is 0 Å². The second-order valence-corrected chi connectivity index (χ2v) is 6.38. The lowest BCUT2D eigenvalue weighted by atomic mass is 10.1. The fourth-order valence-electron chi connectivity index (χ4n) is 1.87. The number of carbonyl (C=O) groups is 1. The molecule has 0 bridgehead atoms. The standard InChI is InChI=1S/C14H14Br2N2O/c1-9(2)18-14(12(16)8-17-18)13(19)7-10-3-5-11(15)6-4-10/h3-6,8-9H,7H2,1-2H3. The molecule has 1 heterocycles. The molecule has 0 spiro atoms. The van der Waals surface area contributed by atoms with Crippen LogP contribution in [0.1, 0.15) is 35.9 Å². The Morgan fingerprint density at radius 2 is 1.89 bits per heavy atom. The number of nitrogens with zero attached hydrogens (tertiary/aromatic N) is 2. The molecule has 5 heteroatoms. The molecular formula is C14H14Br2N2O. The maximum Gasteiger partial charge on any atom is 0.186 e. The van der Waals surface area contributed by atoms with Crippen LogP contribution >= 0.6 is 31.9 Å². The lowest BCUT2D eigenvalue weighted by Gasteiger charge is -2.10. The van der Waals surface area contributed by atoms with Gasteiger partial charge in [-0.25, -0.2) is 0 Å². The zero-order chi connectivity index (χ0) is 14.0. The van der Waals surface area contributed by atoms with Crippen molar-refractivity contribution in [1.29, 1.82) is 0 Å². The Bertz CT molecular complexity index is 588. The first-order valence-corrected chi connectivity index (χ1v) is 7.58. The SMILES string of the molecule is CC(C)n1ncc(Br)c1C(=O)Cc1ccc(Br)cc1. The minimum absolute atomic E-state index is 0.0698. The highest BCUT2D eigenvalue weighted by atomic mass is 79.9. The van der Waals surface area contributed by atoms with Crippen molar-refractivity contribution in [1.82, 2.24) is 9.78 Å². The van der Waals surface area contributed by atoms with E-state index >= 15 is 0 Å². The number of rotatable bonds is 4. The van der Waals surface area contributed by atoms with Crippen LogP contribution in [0, 0.1) is 0 Å². The number of carbonyl (C=O) groups excluding carboxylic acids is 1. The van der Waals surface area contributed by atoms with E-state index in [2.05, 4.69) is 37.0 Å². The van der Waals surface area contributed by atoms with Crippen molar-refractivity contribution in [3.63, 3.8) is 0 Å². The Morgan fingerprint density at radius 3 is 2.47 bits per heavy atom. The monoisotopic (exact) mass is 384 g/mol. The first-order chi connectivity index (χ1) is 8.99. The highest BCUT2D eigenvalue weighted by molar-refractivity contribution is 9.10. The molecule has 1 aromatic heterocycles. The van der Waals surface area contributed by atoms with E-state index < -0.39 is 0 Å². The lowest BCUT2D eigenvalue weighted by molar-refractivity contribution is 0.0980. The average molecular weight is 386 g/mol. The van der Waals surface area contributed by atoms with Gasteiger partial charge in [-0.1, -0.05) is 28.1 Å². The van der Waals surface area contributed by atoms with E-state index in [0.717, 1.165) is 14.5 Å². The van der Waals surface area contributed by atoms with E-state index in [0.29, 0.717) is 12.1 Å². The van der Waals surface area contributed by atoms with Crippen LogP contribution in [0.15, 0.2) is 39.4 Å². The number of benzene rings is 1. The molecule has 0 amide bonds. The summed E-state index contributed by atoms with van der Waals surface area (Å²) < 4.78 is 3.52. The summed E-state index contributed by atoms with van der Waals surface area (Å²) in [6, 6.07) is 7.95. The van der Waals surface area contributed by atoms with Gasteiger partial charge in [0.2, 0.25) is 0 Å². The molecule has 0 radical (unpaired) electrons. The highest BCUT2D eigenvalue weighted by Gasteiger charge is 2.18. The van der Waals surface area contributed by atoms with Crippen molar-refractivity contribution in [3.8, 4) is 0 Å². The summed E-state index contributed by atoms with van der Waals surface area (Å²) in [5.74, 6) is 0.0698. The van der Waals surface area contributed by atoms with Gasteiger partial charge in [-0.2, -0.15) is 5.10 Å². The maximum absolute atomic E-state index is 12.4. The second-order valence-electron chi connectivity index (χ2n) is 4.61. The molecule has 3 nitrogen and oxygen atoms in total. The van der Waals surface area contributed by atoms with Gasteiger partial charge >= 0.3 is 0 Å². The molecule has 0 atom stereocenters. The Morgan fingerprint density at radius 1 is 1.26 bits per heavy atom. The van der Waals surface area contributed by atoms with Gasteiger partial charge in [0.1, 0.15) is 5.69 Å². The third kappa shape index (κ3) is 3.34. The Kier molecular flexibility index (Phi) is 4.58. The lowest BCUT2D eigenvalue weighted by Crippen LogP contribution is -2.14. The molecule has 2 aromatic rings. The predicted molar refractivity (Wildman–Crippen MR) is 82.5 cm³/mol. The normalized spacial score (nSPS) is 11.0. The zero-order valence-electron chi connectivity index (χ0n) is 10.7. The largest absolute Gasteiger partial charge is 0.292 e. The molecule has 0 saturated heterocycles. The smallest absolute Gasteiger partial charge is 0.186 e. The van der Waals surface area contributed by atoms with Crippen LogP contribution in [-0.2, 0) is 6.42 Å². The minimum Gasteiger partial charge on any atom is -0.292 e. The van der Waals surface area contributed by atoms with Crippen LogP contribution in [0.3, 0.4) is 0 Å². The minimum atomic E-state index is 0.0698. The van der Waals surface area contributed by atoms with E-state index in [1.165, 1.54) is 0 Å². The molecule has 0 aliphatic heterocycles. The number of halogens is 2. The third-order valence-corrected chi connectivity index (χ3v) is 3.89. The van der Waals surface area contributed by atoms with Crippen LogP contribution in [0.4, 0.5) is 0 Å². The molecule has 0 aliphatic carbocycles. The van der Waals surface area contributed by atoms with Crippen molar-refractivity contribution < 1.29 is 4.79 Å². The number of ketones is 1. The van der Waals surface area contributed by atoms with Crippen molar-refractivity contribution in [2.45, 2.75) is 26.3 Å². The van der Waals surface area contributed by atoms with Gasteiger partial charge in [0.25, 0.3) is 0 Å². The fraction of sp³-hybridized carbons (Fsp3) is 0.286. The Hall–Kier alpha value is -0.940. The fourth-order valence-corrected chi connectivity index (χ4v) is 2.62. The van der Waals surface area contributed by atoms with Gasteiger partial charge in [0.05, 0.1) is 10.7 Å². The summed E-state index contributed by atoms with van der Waals surface area (Å²) in [4.78, 5) is 12.4. The Balaban J connectivity index is 2.25. The van der Waals surface area contributed by atoms with Gasteiger partial charge < -0.3 is 0 Å². The molecule has 100 valence electrons. The van der Waals surface area contributed by atoms with Gasteiger partial charge in [-0.05, 0) is 47.5 Å². The van der Waals surface area contributed by atoms with Crippen molar-refractivity contribution in [2.24, 2.45) is 0 Å². The zero-order valence-corrected chi connectivity index (χ0v) is 13.9. The van der Waals surface area contributed by atoms with Crippen molar-refractivity contribution >= 4 is 37.6 Å². The molecule has 2 rings (SSSR count). The summed E-state index contributed by atoms with van der Waals surface area (Å²) in [6.45, 7) is 4.02. The molecule has 0 saturated carbocycles. The van der Waals surface area contributed by atoms with Crippen molar-refractivity contribution in [3.05, 3.63) is 50.7 Å². The number of hydrogen-bond acceptors (Lipinski definition) is 2. The summed E-state index contributed by atoms with van der Waals surface area (Å²) in [5, 5.41) is 4.23. The second kappa shape index (κ2) is 6.01. The van der Waals surface area contributed by atoms with Crippen LogP contribution < -0.4 is 0 Å². The topological polar surface area (TPSA) is 34.9 Å². The average Bonchev–Trinajstić information content (AvgIpc) is 2.74. The summed E-state index contributed by atoms with van der Waals surface area (Å²) in [7, 11) is 0. The number of Topliss-reactive ketones (excluding diaryl/α,β-unsaturated/α-hetero) is 1. The van der Waals surface area contributed by atoms with Gasteiger partial charge in [-0.15, -0.1) is 0 Å². The number of hydrogen-bond donors (Lipinski definition) is 0. The molecule has 0 fully saturated rings. The Labute approximate surface area is 129 Å². The van der Waals surface area contributed by atoms with E-state index in [9.17, 15) is 4.79 Å². The summed E-state index contributed by atoms with van der Waals surface area (Å²) in [5.41, 5.74) is 1.63. The maximum atomic E-state index is 12.4. The van der Waals surface area contributed by atoms with E-state index in [4.69, 9.17) is 0 Å². The van der Waals surface area contributed by atoms with E-state index in [-0.39, 0.29) is 11.8 Å². The molecule has 0 N–H and O–H groups in total. The molecule has 0 aliphatic rings. The van der Waals surface area contributed by atoms with Crippen molar-refractivity contribution in [2.75, 3.05) is 0 Å². The van der Waals surface area contributed by atoms with Crippen LogP contribution in [0.25, 0.3) is 0 Å². The van der Waals surface area contributed by atoms with E-state index in [1.807, 2.05) is 38.1 Å². The van der Waals surface area contributed by atoms with Gasteiger partial charge in [-0.3, -0.25) is 9.48 Å². The molecule has 1 aromatic carbocycles. The molecular weight excluding hydrogens is 372 g/mol. The summed E-state index contributed by atoms with van der Waals surface area (Å²) in [6.07, 6.45) is 2.05. The molecule has 0 unspecified atom stereocenters. The van der Waals surface area contributed by atoms with E-state index in [1.54, 1.807) is 10.9 Å². The summed E-state index contributed by atoms with van der Waals surface area (Å²) >= 11 is 6.79. The predicted octanol–water partition coefficient (Wildman–Crippen LogP) is 4.41. The highest BCUT2D eigenvalue weighted by Crippen LogP contribution is 2.22. The first kappa shape index (κ1) is 14.5. The van der Waals surface area contributed by atoms with Crippen LogP contribution in [0.2, 0.25) is 0 Å². The van der Waals surface area contributed by atoms with Crippen LogP contribution in [-0.4, -0.2) is 15.6 Å². The molecule has 19 heavy (non-hydrogen) atoms. The third-order valence-electron chi connectivity index (χ3n) is 2.78. The first-order valence-electron chi connectivity index (χ1n) is 5.99. The van der Waals surface area contributed by atoms with Gasteiger partial charge in [0.15, 0.2) is 5.78 Å². The number of aromatic nitrogens is 2. The van der Waals surface area contributed by atoms with Gasteiger partial charge in [0, 0.05) is 16.9 Å². The quantitative estimate of drug-likeness (QED) is 0.730.